The van der Waals surface area contributed by atoms with Crippen LogP contribution in [-0.4, -0.2) is 42.1 Å². The molecule has 1 aromatic heterocycles. The fourth-order valence-corrected chi connectivity index (χ4v) is 3.13. The maximum Gasteiger partial charge on any atom is 0.252 e. The third-order valence-corrected chi connectivity index (χ3v) is 4.61. The molecule has 0 unspecified atom stereocenters. The standard InChI is InChI=1S/C17H20BrN5O/c18-14-6-2-1-5-13(14)17(24)20-8-7-19-15-11-16(22-12-21-15)23-9-3-4-10-23/h1-2,5-6,11-12H,3-4,7-10H2,(H,20,24)(H,19,21,22). The minimum absolute atomic E-state index is 0.0929. The number of aromatic nitrogens is 2. The molecule has 0 bridgehead atoms. The summed E-state index contributed by atoms with van der Waals surface area (Å²) < 4.78 is 0.793. The summed E-state index contributed by atoms with van der Waals surface area (Å²) in [5.74, 6) is 1.65. The van der Waals surface area contributed by atoms with Crippen LogP contribution in [0.3, 0.4) is 0 Å². The number of carbonyl (C=O) groups excluding carboxylic acids is 1. The quantitative estimate of drug-likeness (QED) is 0.743. The number of amides is 1. The summed E-state index contributed by atoms with van der Waals surface area (Å²) in [4.78, 5) is 22.9. The summed E-state index contributed by atoms with van der Waals surface area (Å²) in [5.41, 5.74) is 0.635. The molecule has 2 aromatic rings. The Morgan fingerprint density at radius 1 is 1.17 bits per heavy atom. The Hall–Kier alpha value is -2.15. The smallest absolute Gasteiger partial charge is 0.252 e. The van der Waals surface area contributed by atoms with Gasteiger partial charge in [-0.05, 0) is 40.9 Å². The third kappa shape index (κ3) is 4.23. The Morgan fingerprint density at radius 2 is 1.96 bits per heavy atom. The Balaban J connectivity index is 1.47. The van der Waals surface area contributed by atoms with E-state index in [2.05, 4.69) is 41.4 Å². The van der Waals surface area contributed by atoms with Crippen molar-refractivity contribution < 1.29 is 4.79 Å². The number of rotatable bonds is 6. The average Bonchev–Trinajstić information content (AvgIpc) is 3.14. The monoisotopic (exact) mass is 389 g/mol. The van der Waals surface area contributed by atoms with E-state index in [0.29, 0.717) is 18.7 Å². The molecule has 3 rings (SSSR count). The van der Waals surface area contributed by atoms with E-state index in [4.69, 9.17) is 0 Å². The van der Waals surface area contributed by atoms with Crippen LogP contribution in [-0.2, 0) is 0 Å². The minimum atomic E-state index is -0.0929. The highest BCUT2D eigenvalue weighted by atomic mass is 79.9. The number of anilines is 2. The molecule has 1 aromatic carbocycles. The maximum absolute atomic E-state index is 12.1. The van der Waals surface area contributed by atoms with Gasteiger partial charge < -0.3 is 15.5 Å². The van der Waals surface area contributed by atoms with Crippen molar-refractivity contribution >= 4 is 33.5 Å². The van der Waals surface area contributed by atoms with Gasteiger partial charge in [-0.15, -0.1) is 0 Å². The van der Waals surface area contributed by atoms with Crippen molar-refractivity contribution in [2.24, 2.45) is 0 Å². The summed E-state index contributed by atoms with van der Waals surface area (Å²) in [6, 6.07) is 9.34. The molecule has 0 atom stereocenters. The molecule has 1 aliphatic rings. The van der Waals surface area contributed by atoms with Crippen molar-refractivity contribution in [3.05, 3.63) is 46.7 Å². The topological polar surface area (TPSA) is 70.2 Å². The van der Waals surface area contributed by atoms with Gasteiger partial charge in [0.1, 0.15) is 18.0 Å². The lowest BCUT2D eigenvalue weighted by atomic mass is 10.2. The molecule has 6 nitrogen and oxygen atoms in total. The molecule has 2 heterocycles. The summed E-state index contributed by atoms with van der Waals surface area (Å²) in [5, 5.41) is 6.12. The van der Waals surface area contributed by atoms with Crippen molar-refractivity contribution in [2.75, 3.05) is 36.4 Å². The van der Waals surface area contributed by atoms with E-state index in [1.807, 2.05) is 24.3 Å². The first kappa shape index (κ1) is 16.7. The van der Waals surface area contributed by atoms with Crippen LogP contribution >= 0.6 is 15.9 Å². The predicted octanol–water partition coefficient (Wildman–Crippen LogP) is 2.68. The lowest BCUT2D eigenvalue weighted by molar-refractivity contribution is 0.0954. The fourth-order valence-electron chi connectivity index (χ4n) is 2.67. The summed E-state index contributed by atoms with van der Waals surface area (Å²) in [7, 11) is 0. The zero-order chi connectivity index (χ0) is 16.8. The highest BCUT2D eigenvalue weighted by Crippen LogP contribution is 2.19. The zero-order valence-corrected chi connectivity index (χ0v) is 14.9. The minimum Gasteiger partial charge on any atom is -0.368 e. The largest absolute Gasteiger partial charge is 0.368 e. The van der Waals surface area contributed by atoms with Gasteiger partial charge in [0.2, 0.25) is 0 Å². The normalized spacial score (nSPS) is 13.8. The van der Waals surface area contributed by atoms with Gasteiger partial charge >= 0.3 is 0 Å². The van der Waals surface area contributed by atoms with Gasteiger partial charge in [-0.25, -0.2) is 9.97 Å². The Labute approximate surface area is 149 Å². The fraction of sp³-hybridized carbons (Fsp3) is 0.353. The van der Waals surface area contributed by atoms with Crippen LogP contribution in [0.4, 0.5) is 11.6 Å². The molecular formula is C17H20BrN5O. The molecule has 126 valence electrons. The number of halogens is 1. The number of benzene rings is 1. The van der Waals surface area contributed by atoms with E-state index in [1.54, 1.807) is 12.4 Å². The Morgan fingerprint density at radius 3 is 2.75 bits per heavy atom. The first-order valence-corrected chi connectivity index (χ1v) is 8.87. The van der Waals surface area contributed by atoms with E-state index in [1.165, 1.54) is 12.8 Å². The van der Waals surface area contributed by atoms with Crippen LogP contribution in [0, 0.1) is 0 Å². The molecule has 2 N–H and O–H groups in total. The predicted molar refractivity (Wildman–Crippen MR) is 98.4 cm³/mol. The van der Waals surface area contributed by atoms with Gasteiger partial charge in [-0.2, -0.15) is 0 Å². The van der Waals surface area contributed by atoms with Crippen molar-refractivity contribution in [1.82, 2.24) is 15.3 Å². The van der Waals surface area contributed by atoms with E-state index < -0.39 is 0 Å². The third-order valence-electron chi connectivity index (χ3n) is 3.92. The van der Waals surface area contributed by atoms with Gasteiger partial charge in [-0.3, -0.25) is 4.79 Å². The van der Waals surface area contributed by atoms with Crippen molar-refractivity contribution in [1.29, 1.82) is 0 Å². The van der Waals surface area contributed by atoms with E-state index in [9.17, 15) is 4.79 Å². The van der Waals surface area contributed by atoms with Crippen molar-refractivity contribution in [2.45, 2.75) is 12.8 Å². The molecule has 1 saturated heterocycles. The van der Waals surface area contributed by atoms with Gasteiger partial charge in [0.25, 0.3) is 5.91 Å². The van der Waals surface area contributed by atoms with Crippen LogP contribution < -0.4 is 15.5 Å². The number of nitrogens with one attached hydrogen (secondary N) is 2. The second-order valence-corrected chi connectivity index (χ2v) is 6.47. The molecule has 0 radical (unpaired) electrons. The van der Waals surface area contributed by atoms with Gasteiger partial charge in [0.05, 0.1) is 5.56 Å². The summed E-state index contributed by atoms with van der Waals surface area (Å²) in [6.07, 6.45) is 4.01. The second-order valence-electron chi connectivity index (χ2n) is 5.62. The number of hydrogen-bond donors (Lipinski definition) is 2. The van der Waals surface area contributed by atoms with E-state index in [-0.39, 0.29) is 5.91 Å². The van der Waals surface area contributed by atoms with Crippen molar-refractivity contribution in [3.63, 3.8) is 0 Å². The van der Waals surface area contributed by atoms with Gasteiger partial charge in [0, 0.05) is 36.7 Å². The highest BCUT2D eigenvalue weighted by Gasteiger charge is 2.14. The highest BCUT2D eigenvalue weighted by molar-refractivity contribution is 9.10. The molecule has 0 aliphatic carbocycles. The average molecular weight is 390 g/mol. The molecule has 1 aliphatic heterocycles. The molecule has 7 heteroatoms. The molecular weight excluding hydrogens is 370 g/mol. The lowest BCUT2D eigenvalue weighted by Crippen LogP contribution is -2.29. The number of nitrogens with zero attached hydrogens (tertiary/aromatic N) is 3. The summed E-state index contributed by atoms with van der Waals surface area (Å²) in [6.45, 7) is 3.23. The van der Waals surface area contributed by atoms with E-state index in [0.717, 1.165) is 29.2 Å². The van der Waals surface area contributed by atoms with Gasteiger partial charge in [0.15, 0.2) is 0 Å². The number of hydrogen-bond acceptors (Lipinski definition) is 5. The molecule has 0 saturated carbocycles. The first-order chi connectivity index (χ1) is 11.7. The molecule has 24 heavy (non-hydrogen) atoms. The van der Waals surface area contributed by atoms with Crippen LogP contribution in [0.5, 0.6) is 0 Å². The van der Waals surface area contributed by atoms with Crippen LogP contribution in [0.25, 0.3) is 0 Å². The summed E-state index contributed by atoms with van der Waals surface area (Å²) >= 11 is 3.38. The Bertz CT molecular complexity index is 703. The molecule has 1 fully saturated rings. The molecule has 0 spiro atoms. The first-order valence-electron chi connectivity index (χ1n) is 8.07. The van der Waals surface area contributed by atoms with Crippen LogP contribution in [0.15, 0.2) is 41.1 Å². The number of carbonyl (C=O) groups is 1. The van der Waals surface area contributed by atoms with Crippen molar-refractivity contribution in [3.8, 4) is 0 Å². The Kier molecular flexibility index (Phi) is 5.63. The molecule has 1 amide bonds. The maximum atomic E-state index is 12.1. The SMILES string of the molecule is O=C(NCCNc1cc(N2CCCC2)ncn1)c1ccccc1Br. The lowest BCUT2D eigenvalue weighted by Gasteiger charge is -2.16. The van der Waals surface area contributed by atoms with Crippen LogP contribution in [0.1, 0.15) is 23.2 Å². The zero-order valence-electron chi connectivity index (χ0n) is 13.3. The van der Waals surface area contributed by atoms with E-state index >= 15 is 0 Å². The van der Waals surface area contributed by atoms with Crippen LogP contribution in [0.2, 0.25) is 0 Å². The second kappa shape index (κ2) is 8.10. The van der Waals surface area contributed by atoms with Gasteiger partial charge in [-0.1, -0.05) is 12.1 Å².